The number of anilines is 3. The van der Waals surface area contributed by atoms with Crippen LogP contribution in [0.3, 0.4) is 0 Å². The zero-order valence-electron chi connectivity index (χ0n) is 24.3. The normalized spacial score (nSPS) is 14.9. The molecule has 214 valence electrons. The number of hydrogen-bond acceptors (Lipinski definition) is 7. The minimum Gasteiger partial charge on any atom is -0.478 e. The average Bonchev–Trinajstić information content (AvgIpc) is 3.84. The number of aryl methyl sites for hydroxylation is 2. The third-order valence-electron chi connectivity index (χ3n) is 7.81. The summed E-state index contributed by atoms with van der Waals surface area (Å²) in [6, 6.07) is 19.4. The number of carboxylic acids is 1. The molecule has 4 aromatic rings. The molecule has 0 amide bonds. The molecule has 4 heterocycles. The number of aromatic carboxylic acids is 1. The molecule has 0 spiro atoms. The number of nitriles is 1. The van der Waals surface area contributed by atoms with E-state index in [1.165, 1.54) is 31.2 Å². The number of nitrogens with one attached hydrogen (secondary N) is 1. The van der Waals surface area contributed by atoms with Gasteiger partial charge < -0.3 is 15.3 Å². The van der Waals surface area contributed by atoms with Gasteiger partial charge in [-0.1, -0.05) is 24.6 Å². The summed E-state index contributed by atoms with van der Waals surface area (Å²) < 4.78 is 0. The Morgan fingerprint density at radius 3 is 2.40 bits per heavy atom. The van der Waals surface area contributed by atoms with E-state index in [0.29, 0.717) is 22.9 Å². The molecular formula is C34H36N6O2. The lowest BCUT2D eigenvalue weighted by Gasteiger charge is -2.31. The molecule has 2 N–H and O–H groups in total. The first-order valence-corrected chi connectivity index (χ1v) is 14.5. The first kappa shape index (κ1) is 28.7. The summed E-state index contributed by atoms with van der Waals surface area (Å²) in [6.07, 6.45) is 8.46. The number of pyridine rings is 3. The number of carbonyl (C=O) groups is 1. The van der Waals surface area contributed by atoms with Crippen molar-refractivity contribution in [1.82, 2.24) is 15.0 Å². The van der Waals surface area contributed by atoms with Crippen LogP contribution in [0, 0.1) is 31.1 Å². The zero-order valence-corrected chi connectivity index (χ0v) is 24.3. The van der Waals surface area contributed by atoms with Gasteiger partial charge in [-0.2, -0.15) is 5.26 Å². The van der Waals surface area contributed by atoms with Crippen LogP contribution in [0.2, 0.25) is 0 Å². The topological polar surface area (TPSA) is 115 Å². The molecule has 0 radical (unpaired) electrons. The lowest BCUT2D eigenvalue weighted by molar-refractivity contribution is 0.0696. The summed E-state index contributed by atoms with van der Waals surface area (Å²) in [4.78, 5) is 26.8. The highest BCUT2D eigenvalue weighted by Gasteiger charge is 2.25. The molecular weight excluding hydrogens is 524 g/mol. The third-order valence-corrected chi connectivity index (χ3v) is 7.81. The number of rotatable bonds is 6. The molecule has 2 fully saturated rings. The van der Waals surface area contributed by atoms with Crippen LogP contribution in [-0.2, 0) is 0 Å². The van der Waals surface area contributed by atoms with Crippen molar-refractivity contribution in [2.75, 3.05) is 23.3 Å². The SMILES string of the molecule is CC1CCN(c2ccc(-c3cc(C4CC4)cc(Nc4cc(C#N)ccn4)n3)cn2)CC1.Cc1ccc(C(=O)O)c(C)c1. The van der Waals surface area contributed by atoms with Crippen molar-refractivity contribution in [3.8, 4) is 17.3 Å². The maximum absolute atomic E-state index is 10.5. The second-order valence-electron chi connectivity index (χ2n) is 11.3. The monoisotopic (exact) mass is 560 g/mol. The number of aromatic nitrogens is 3. The molecule has 1 saturated heterocycles. The second kappa shape index (κ2) is 12.8. The maximum atomic E-state index is 10.5. The van der Waals surface area contributed by atoms with Gasteiger partial charge >= 0.3 is 5.97 Å². The highest BCUT2D eigenvalue weighted by Crippen LogP contribution is 2.42. The first-order chi connectivity index (χ1) is 20.3. The van der Waals surface area contributed by atoms with Gasteiger partial charge in [0.15, 0.2) is 0 Å². The average molecular weight is 561 g/mol. The van der Waals surface area contributed by atoms with Crippen molar-refractivity contribution in [3.05, 3.63) is 94.8 Å². The summed E-state index contributed by atoms with van der Waals surface area (Å²) in [5.74, 6) is 2.96. The van der Waals surface area contributed by atoms with Gasteiger partial charge in [-0.05, 0) is 105 Å². The van der Waals surface area contributed by atoms with E-state index in [1.807, 2.05) is 19.2 Å². The molecule has 1 saturated carbocycles. The van der Waals surface area contributed by atoms with Crippen LogP contribution >= 0.6 is 0 Å². The quantitative estimate of drug-likeness (QED) is 0.253. The Balaban J connectivity index is 0.000000271. The number of hydrogen-bond donors (Lipinski definition) is 2. The second-order valence-corrected chi connectivity index (χ2v) is 11.3. The summed E-state index contributed by atoms with van der Waals surface area (Å²) in [7, 11) is 0. The lowest BCUT2D eigenvalue weighted by atomic mass is 9.99. The van der Waals surface area contributed by atoms with E-state index in [1.54, 1.807) is 37.4 Å². The van der Waals surface area contributed by atoms with Crippen LogP contribution in [-0.4, -0.2) is 39.1 Å². The third kappa shape index (κ3) is 7.29. The smallest absolute Gasteiger partial charge is 0.335 e. The summed E-state index contributed by atoms with van der Waals surface area (Å²) in [5.41, 5.74) is 6.08. The van der Waals surface area contributed by atoms with Gasteiger partial charge in [0.1, 0.15) is 17.5 Å². The summed E-state index contributed by atoms with van der Waals surface area (Å²) >= 11 is 0. The molecule has 0 unspecified atom stereocenters. The van der Waals surface area contributed by atoms with Crippen LogP contribution in [0.25, 0.3) is 11.3 Å². The van der Waals surface area contributed by atoms with Crippen LogP contribution < -0.4 is 10.2 Å². The van der Waals surface area contributed by atoms with Gasteiger partial charge in [0.05, 0.1) is 22.9 Å². The molecule has 3 aromatic heterocycles. The fourth-order valence-corrected chi connectivity index (χ4v) is 5.13. The van der Waals surface area contributed by atoms with Gasteiger partial charge in [0.25, 0.3) is 0 Å². The van der Waals surface area contributed by atoms with E-state index in [0.717, 1.165) is 53.0 Å². The Hall–Kier alpha value is -4.77. The van der Waals surface area contributed by atoms with Gasteiger partial charge in [-0.3, -0.25) is 0 Å². The predicted octanol–water partition coefficient (Wildman–Crippen LogP) is 7.27. The number of nitrogens with zero attached hydrogens (tertiary/aromatic N) is 5. The molecule has 8 nitrogen and oxygen atoms in total. The van der Waals surface area contributed by atoms with Crippen LogP contribution in [0.4, 0.5) is 17.5 Å². The molecule has 6 rings (SSSR count). The molecule has 42 heavy (non-hydrogen) atoms. The number of piperidine rings is 1. The van der Waals surface area contributed by atoms with E-state index < -0.39 is 5.97 Å². The van der Waals surface area contributed by atoms with E-state index in [9.17, 15) is 4.79 Å². The van der Waals surface area contributed by atoms with Crippen molar-refractivity contribution in [3.63, 3.8) is 0 Å². The molecule has 2 aliphatic rings. The molecule has 1 aromatic carbocycles. The fourth-order valence-electron chi connectivity index (χ4n) is 5.13. The van der Waals surface area contributed by atoms with Crippen molar-refractivity contribution in [1.29, 1.82) is 5.26 Å². The minimum atomic E-state index is -0.859. The van der Waals surface area contributed by atoms with E-state index in [-0.39, 0.29) is 0 Å². The van der Waals surface area contributed by atoms with Gasteiger partial charge in [0.2, 0.25) is 0 Å². The minimum absolute atomic E-state index is 0.385. The Morgan fingerprint density at radius 2 is 1.76 bits per heavy atom. The van der Waals surface area contributed by atoms with Crippen molar-refractivity contribution in [2.45, 2.75) is 52.4 Å². The van der Waals surface area contributed by atoms with Crippen molar-refractivity contribution < 1.29 is 9.90 Å². The Morgan fingerprint density at radius 1 is 0.976 bits per heavy atom. The fraction of sp³-hybridized carbons (Fsp3) is 0.324. The number of benzene rings is 1. The predicted molar refractivity (Wildman–Crippen MR) is 165 cm³/mol. The molecule has 1 aliphatic carbocycles. The first-order valence-electron chi connectivity index (χ1n) is 14.5. The van der Waals surface area contributed by atoms with Crippen LogP contribution in [0.1, 0.15) is 71.1 Å². The highest BCUT2D eigenvalue weighted by molar-refractivity contribution is 5.89. The van der Waals surface area contributed by atoms with E-state index in [4.69, 9.17) is 20.3 Å². The standard InChI is InChI=1S/C25H26N6.C9H10O2/c1-17-7-10-31(11-8-17)25-5-4-20(16-28-25)22-13-21(19-2-3-19)14-24(29-22)30-23-12-18(15-26)6-9-27-23;1-6-3-4-8(9(10)11)7(2)5-6/h4-6,9,12-14,16-17,19H,2-3,7-8,10-11H2,1H3,(H,27,29,30);3-5H,1-2H3,(H,10,11). The Labute approximate surface area is 247 Å². The van der Waals surface area contributed by atoms with Gasteiger partial charge in [-0.25, -0.2) is 19.7 Å². The highest BCUT2D eigenvalue weighted by atomic mass is 16.4. The van der Waals surface area contributed by atoms with Crippen molar-refractivity contribution in [2.24, 2.45) is 5.92 Å². The van der Waals surface area contributed by atoms with Crippen molar-refractivity contribution >= 4 is 23.4 Å². The Bertz CT molecular complexity index is 1600. The Kier molecular flexibility index (Phi) is 8.77. The summed E-state index contributed by atoms with van der Waals surface area (Å²) in [5, 5.41) is 21.1. The lowest BCUT2D eigenvalue weighted by Crippen LogP contribution is -2.33. The van der Waals surface area contributed by atoms with E-state index >= 15 is 0 Å². The zero-order chi connectivity index (χ0) is 29.6. The number of carboxylic acid groups (broad SMARTS) is 1. The van der Waals surface area contributed by atoms with Crippen LogP contribution in [0.5, 0.6) is 0 Å². The molecule has 1 aliphatic heterocycles. The molecule has 0 bridgehead atoms. The molecule has 0 atom stereocenters. The molecule has 8 heteroatoms. The largest absolute Gasteiger partial charge is 0.478 e. The van der Waals surface area contributed by atoms with Gasteiger partial charge in [0, 0.05) is 31.0 Å². The van der Waals surface area contributed by atoms with Crippen LogP contribution in [0.15, 0.2) is 67.0 Å². The van der Waals surface area contributed by atoms with E-state index in [2.05, 4.69) is 52.5 Å². The van der Waals surface area contributed by atoms with Gasteiger partial charge in [-0.15, -0.1) is 0 Å². The maximum Gasteiger partial charge on any atom is 0.335 e. The summed E-state index contributed by atoms with van der Waals surface area (Å²) in [6.45, 7) is 8.22.